The maximum atomic E-state index is 12.0. The third-order valence-electron chi connectivity index (χ3n) is 2.64. The SMILES string of the molecule is CC(C)(C)NC(=O)c1ccc(Nc2cc(Cl)cc(Cl)c2)cn1. The second-order valence-electron chi connectivity index (χ2n) is 5.92. The second-order valence-corrected chi connectivity index (χ2v) is 6.79. The number of nitrogens with zero attached hydrogens (tertiary/aromatic N) is 1. The average Bonchev–Trinajstić information content (AvgIpc) is 2.36. The molecule has 0 spiro atoms. The van der Waals surface area contributed by atoms with Gasteiger partial charge in [0.05, 0.1) is 11.9 Å². The summed E-state index contributed by atoms with van der Waals surface area (Å²) < 4.78 is 0. The molecule has 0 saturated carbocycles. The quantitative estimate of drug-likeness (QED) is 0.856. The van der Waals surface area contributed by atoms with E-state index < -0.39 is 0 Å². The summed E-state index contributed by atoms with van der Waals surface area (Å²) >= 11 is 11.9. The van der Waals surface area contributed by atoms with Gasteiger partial charge in [-0.05, 0) is 51.1 Å². The molecule has 1 amide bonds. The maximum absolute atomic E-state index is 12.0. The molecule has 4 nitrogen and oxygen atoms in total. The van der Waals surface area contributed by atoms with Crippen LogP contribution in [0.2, 0.25) is 10.0 Å². The van der Waals surface area contributed by atoms with Crippen molar-refractivity contribution in [1.82, 2.24) is 10.3 Å². The summed E-state index contributed by atoms with van der Waals surface area (Å²) in [6.45, 7) is 5.76. The van der Waals surface area contributed by atoms with Gasteiger partial charge in [-0.1, -0.05) is 23.2 Å². The van der Waals surface area contributed by atoms with Gasteiger partial charge in [0.15, 0.2) is 0 Å². The van der Waals surface area contributed by atoms with E-state index in [4.69, 9.17) is 23.2 Å². The molecule has 22 heavy (non-hydrogen) atoms. The molecule has 0 atom stereocenters. The molecule has 2 rings (SSSR count). The van der Waals surface area contributed by atoms with Crippen LogP contribution in [0.25, 0.3) is 0 Å². The van der Waals surface area contributed by atoms with Gasteiger partial charge in [0.25, 0.3) is 5.91 Å². The van der Waals surface area contributed by atoms with Crippen molar-refractivity contribution in [2.75, 3.05) is 5.32 Å². The first-order valence-corrected chi connectivity index (χ1v) is 7.50. The molecule has 0 saturated heterocycles. The molecule has 0 fully saturated rings. The van der Waals surface area contributed by atoms with E-state index in [0.29, 0.717) is 15.7 Å². The van der Waals surface area contributed by atoms with Crippen LogP contribution in [-0.2, 0) is 0 Å². The number of anilines is 2. The van der Waals surface area contributed by atoms with E-state index in [-0.39, 0.29) is 11.4 Å². The standard InChI is InChI=1S/C16H17Cl2N3O/c1-16(2,3)21-15(22)14-5-4-12(9-19-14)20-13-7-10(17)6-11(18)8-13/h4-9,20H,1-3H3,(H,21,22). The zero-order valence-electron chi connectivity index (χ0n) is 12.6. The Labute approximate surface area is 139 Å². The molecular weight excluding hydrogens is 321 g/mol. The normalized spacial score (nSPS) is 11.1. The summed E-state index contributed by atoms with van der Waals surface area (Å²) in [6, 6.07) is 8.61. The molecule has 0 aliphatic carbocycles. The highest BCUT2D eigenvalue weighted by Crippen LogP contribution is 2.25. The van der Waals surface area contributed by atoms with Crippen LogP contribution in [0.4, 0.5) is 11.4 Å². The van der Waals surface area contributed by atoms with E-state index in [9.17, 15) is 4.79 Å². The summed E-state index contributed by atoms with van der Waals surface area (Å²) in [6.07, 6.45) is 1.59. The Hall–Kier alpha value is -1.78. The third kappa shape index (κ3) is 4.90. The molecule has 116 valence electrons. The first kappa shape index (κ1) is 16.6. The number of hydrogen-bond acceptors (Lipinski definition) is 3. The van der Waals surface area contributed by atoms with Gasteiger partial charge in [0, 0.05) is 21.3 Å². The smallest absolute Gasteiger partial charge is 0.270 e. The van der Waals surface area contributed by atoms with Crippen molar-refractivity contribution in [2.24, 2.45) is 0 Å². The van der Waals surface area contributed by atoms with Gasteiger partial charge in [-0.2, -0.15) is 0 Å². The second kappa shape index (κ2) is 6.55. The molecule has 2 N–H and O–H groups in total. The van der Waals surface area contributed by atoms with Crippen molar-refractivity contribution in [2.45, 2.75) is 26.3 Å². The fourth-order valence-electron chi connectivity index (χ4n) is 1.80. The summed E-state index contributed by atoms with van der Waals surface area (Å²) in [5, 5.41) is 7.09. The van der Waals surface area contributed by atoms with E-state index >= 15 is 0 Å². The highest BCUT2D eigenvalue weighted by atomic mass is 35.5. The van der Waals surface area contributed by atoms with E-state index in [1.54, 1.807) is 36.5 Å². The number of pyridine rings is 1. The Kier molecular flexibility index (Phi) is 4.94. The Morgan fingerprint density at radius 1 is 1.05 bits per heavy atom. The average molecular weight is 338 g/mol. The summed E-state index contributed by atoms with van der Waals surface area (Å²) in [4.78, 5) is 16.2. The number of amides is 1. The predicted octanol–water partition coefficient (Wildman–Crippen LogP) is 4.66. The first-order chi connectivity index (χ1) is 10.2. The third-order valence-corrected chi connectivity index (χ3v) is 3.07. The van der Waals surface area contributed by atoms with Crippen LogP contribution in [0.5, 0.6) is 0 Å². The van der Waals surface area contributed by atoms with Crippen LogP contribution in [0.3, 0.4) is 0 Å². The predicted molar refractivity (Wildman–Crippen MR) is 91.2 cm³/mol. The molecular formula is C16H17Cl2N3O. The van der Waals surface area contributed by atoms with Gasteiger partial charge in [-0.15, -0.1) is 0 Å². The lowest BCUT2D eigenvalue weighted by molar-refractivity contribution is 0.0914. The van der Waals surface area contributed by atoms with Crippen LogP contribution in [0, 0.1) is 0 Å². The van der Waals surface area contributed by atoms with Crippen molar-refractivity contribution in [1.29, 1.82) is 0 Å². The Bertz CT molecular complexity index is 659. The molecule has 0 bridgehead atoms. The van der Waals surface area contributed by atoms with E-state index in [1.807, 2.05) is 20.8 Å². The van der Waals surface area contributed by atoms with E-state index in [0.717, 1.165) is 11.4 Å². The largest absolute Gasteiger partial charge is 0.354 e. The van der Waals surface area contributed by atoms with Gasteiger partial charge in [0.1, 0.15) is 5.69 Å². The van der Waals surface area contributed by atoms with Gasteiger partial charge < -0.3 is 10.6 Å². The number of carbonyl (C=O) groups excluding carboxylic acids is 1. The Morgan fingerprint density at radius 3 is 2.18 bits per heavy atom. The van der Waals surface area contributed by atoms with Crippen molar-refractivity contribution in [3.63, 3.8) is 0 Å². The lowest BCUT2D eigenvalue weighted by atomic mass is 10.1. The number of carbonyl (C=O) groups is 1. The molecule has 1 aromatic carbocycles. The molecule has 0 aliphatic heterocycles. The number of nitrogens with one attached hydrogen (secondary N) is 2. The van der Waals surface area contributed by atoms with Crippen LogP contribution in [0.15, 0.2) is 36.5 Å². The summed E-state index contributed by atoms with van der Waals surface area (Å²) in [7, 11) is 0. The van der Waals surface area contributed by atoms with Gasteiger partial charge in [-0.25, -0.2) is 4.98 Å². The van der Waals surface area contributed by atoms with Crippen molar-refractivity contribution >= 4 is 40.5 Å². The molecule has 0 radical (unpaired) electrons. The fraction of sp³-hybridized carbons (Fsp3) is 0.250. The minimum absolute atomic E-state index is 0.204. The molecule has 6 heteroatoms. The first-order valence-electron chi connectivity index (χ1n) is 6.75. The number of hydrogen-bond donors (Lipinski definition) is 2. The van der Waals surface area contributed by atoms with Crippen LogP contribution >= 0.6 is 23.2 Å². The number of benzene rings is 1. The van der Waals surface area contributed by atoms with Crippen molar-refractivity contribution in [3.05, 3.63) is 52.3 Å². The van der Waals surface area contributed by atoms with Crippen molar-refractivity contribution < 1.29 is 4.79 Å². The number of rotatable bonds is 3. The lowest BCUT2D eigenvalue weighted by Gasteiger charge is -2.20. The minimum atomic E-state index is -0.298. The van der Waals surface area contributed by atoms with E-state index in [2.05, 4.69) is 15.6 Å². The van der Waals surface area contributed by atoms with Crippen LogP contribution in [-0.4, -0.2) is 16.4 Å². The molecule has 0 aliphatic rings. The molecule has 1 aromatic heterocycles. The topological polar surface area (TPSA) is 54.0 Å². The summed E-state index contributed by atoms with van der Waals surface area (Å²) in [5.41, 5.74) is 1.56. The number of aromatic nitrogens is 1. The monoisotopic (exact) mass is 337 g/mol. The van der Waals surface area contributed by atoms with Crippen molar-refractivity contribution in [3.8, 4) is 0 Å². The maximum Gasteiger partial charge on any atom is 0.270 e. The highest BCUT2D eigenvalue weighted by Gasteiger charge is 2.16. The molecule has 0 unspecified atom stereocenters. The minimum Gasteiger partial charge on any atom is -0.354 e. The Balaban J connectivity index is 2.10. The highest BCUT2D eigenvalue weighted by molar-refractivity contribution is 6.35. The van der Waals surface area contributed by atoms with Gasteiger partial charge in [-0.3, -0.25) is 4.79 Å². The molecule has 2 aromatic rings. The Morgan fingerprint density at radius 2 is 1.68 bits per heavy atom. The lowest BCUT2D eigenvalue weighted by Crippen LogP contribution is -2.40. The number of halogens is 2. The van der Waals surface area contributed by atoms with E-state index in [1.165, 1.54) is 0 Å². The zero-order valence-corrected chi connectivity index (χ0v) is 14.1. The van der Waals surface area contributed by atoms with Crippen LogP contribution < -0.4 is 10.6 Å². The zero-order chi connectivity index (χ0) is 16.3. The van der Waals surface area contributed by atoms with Gasteiger partial charge >= 0.3 is 0 Å². The van der Waals surface area contributed by atoms with Crippen LogP contribution in [0.1, 0.15) is 31.3 Å². The summed E-state index contributed by atoms with van der Waals surface area (Å²) in [5.74, 6) is -0.204. The molecule has 1 heterocycles. The van der Waals surface area contributed by atoms with Gasteiger partial charge in [0.2, 0.25) is 0 Å². The fourth-order valence-corrected chi connectivity index (χ4v) is 2.33.